The summed E-state index contributed by atoms with van der Waals surface area (Å²) in [5.41, 5.74) is 2.08. The van der Waals surface area contributed by atoms with Gasteiger partial charge in [-0.1, -0.05) is 5.16 Å². The predicted octanol–water partition coefficient (Wildman–Crippen LogP) is 0.719. The molecule has 2 N–H and O–H groups in total. The molecule has 1 fully saturated rings. The van der Waals surface area contributed by atoms with Gasteiger partial charge in [0.15, 0.2) is 0 Å². The summed E-state index contributed by atoms with van der Waals surface area (Å²) in [6.07, 6.45) is -0.0770. The number of aryl methyl sites for hydroxylation is 2. The van der Waals surface area contributed by atoms with Crippen LogP contribution >= 0.6 is 0 Å². The fourth-order valence-electron chi connectivity index (χ4n) is 2.51. The maximum atomic E-state index is 12.5. The van der Waals surface area contributed by atoms with Gasteiger partial charge >= 0.3 is 0 Å². The highest BCUT2D eigenvalue weighted by Gasteiger charge is 2.27. The third-order valence-electron chi connectivity index (χ3n) is 3.63. The number of nitrogens with one attached hydrogen (secondary N) is 1. The molecule has 1 aliphatic rings. The Balaban J connectivity index is 1.92. The molecule has 7 heteroatoms. The van der Waals surface area contributed by atoms with Crippen LogP contribution in [0.4, 0.5) is 0 Å². The first-order valence-electron chi connectivity index (χ1n) is 6.86. The van der Waals surface area contributed by atoms with Gasteiger partial charge in [0.1, 0.15) is 0 Å². The summed E-state index contributed by atoms with van der Waals surface area (Å²) in [7, 11) is 0. The number of carbonyl (C=O) groups is 1. The van der Waals surface area contributed by atoms with Gasteiger partial charge in [0.05, 0.1) is 35.4 Å². The van der Waals surface area contributed by atoms with Crippen LogP contribution in [0, 0.1) is 13.8 Å². The standard InChI is InChI=1S/C14H17N3O4/c1-7-5-9(12-8(2)17-21-14(12)15-7)13(19)16-10-6-20-4-3-11(10)18/h5,10-11,18H,3-4,6H2,1-2H3,(H,16,19)/t10-,11-/m1/s1. The van der Waals surface area contributed by atoms with E-state index in [2.05, 4.69) is 15.5 Å². The molecule has 21 heavy (non-hydrogen) atoms. The highest BCUT2D eigenvalue weighted by Crippen LogP contribution is 2.22. The van der Waals surface area contributed by atoms with Gasteiger partial charge in [0.25, 0.3) is 11.6 Å². The molecule has 0 aromatic carbocycles. The Morgan fingerprint density at radius 2 is 2.29 bits per heavy atom. The molecule has 3 rings (SSSR count). The Kier molecular flexibility index (Phi) is 3.60. The number of ether oxygens (including phenoxy) is 1. The maximum absolute atomic E-state index is 12.5. The van der Waals surface area contributed by atoms with Crippen molar-refractivity contribution in [3.63, 3.8) is 0 Å². The van der Waals surface area contributed by atoms with Gasteiger partial charge < -0.3 is 19.7 Å². The molecule has 7 nitrogen and oxygen atoms in total. The number of carbonyl (C=O) groups excluding carboxylic acids is 1. The molecule has 112 valence electrons. The lowest BCUT2D eigenvalue weighted by atomic mass is 10.0. The van der Waals surface area contributed by atoms with Crippen LogP contribution in [0.5, 0.6) is 0 Å². The lowest BCUT2D eigenvalue weighted by molar-refractivity contribution is -0.0139. The van der Waals surface area contributed by atoms with Gasteiger partial charge in [-0.05, 0) is 26.3 Å². The minimum Gasteiger partial charge on any atom is -0.391 e. The lowest BCUT2D eigenvalue weighted by Gasteiger charge is -2.28. The first-order chi connectivity index (χ1) is 10.1. The van der Waals surface area contributed by atoms with E-state index in [-0.39, 0.29) is 5.91 Å². The Bertz CT molecular complexity index is 682. The van der Waals surface area contributed by atoms with Crippen LogP contribution in [0.1, 0.15) is 28.2 Å². The van der Waals surface area contributed by atoms with E-state index in [9.17, 15) is 9.90 Å². The molecule has 3 heterocycles. The van der Waals surface area contributed by atoms with Crippen LogP contribution in [0.15, 0.2) is 10.6 Å². The zero-order valence-corrected chi connectivity index (χ0v) is 11.9. The number of rotatable bonds is 2. The lowest BCUT2D eigenvalue weighted by Crippen LogP contribution is -2.49. The number of hydrogen-bond donors (Lipinski definition) is 2. The molecule has 0 saturated carbocycles. The fourth-order valence-corrected chi connectivity index (χ4v) is 2.51. The summed E-state index contributed by atoms with van der Waals surface area (Å²) < 4.78 is 10.4. The zero-order chi connectivity index (χ0) is 15.0. The van der Waals surface area contributed by atoms with Crippen molar-refractivity contribution >= 4 is 17.0 Å². The summed E-state index contributed by atoms with van der Waals surface area (Å²) >= 11 is 0. The van der Waals surface area contributed by atoms with Crippen molar-refractivity contribution in [2.24, 2.45) is 0 Å². The van der Waals surface area contributed by atoms with Crippen LogP contribution in [0.25, 0.3) is 11.1 Å². The van der Waals surface area contributed by atoms with Crippen LogP contribution in [0.2, 0.25) is 0 Å². The van der Waals surface area contributed by atoms with Crippen molar-refractivity contribution in [3.8, 4) is 0 Å². The van der Waals surface area contributed by atoms with Crippen molar-refractivity contribution in [2.45, 2.75) is 32.4 Å². The fraction of sp³-hybridized carbons (Fsp3) is 0.500. The van der Waals surface area contributed by atoms with Crippen molar-refractivity contribution in [1.82, 2.24) is 15.5 Å². The summed E-state index contributed by atoms with van der Waals surface area (Å²) in [4.78, 5) is 16.7. The molecule has 0 unspecified atom stereocenters. The first kappa shape index (κ1) is 14.0. The van der Waals surface area contributed by atoms with Crippen molar-refractivity contribution in [3.05, 3.63) is 23.0 Å². The van der Waals surface area contributed by atoms with Gasteiger partial charge in [0.2, 0.25) is 0 Å². The molecule has 0 radical (unpaired) electrons. The van der Waals surface area contributed by atoms with Crippen LogP contribution in [-0.4, -0.2) is 46.5 Å². The topological polar surface area (TPSA) is 97.5 Å². The minimum atomic E-state index is -0.593. The number of aliphatic hydroxyl groups is 1. The van der Waals surface area contributed by atoms with E-state index in [1.807, 2.05) is 0 Å². The average molecular weight is 291 g/mol. The third-order valence-corrected chi connectivity index (χ3v) is 3.63. The Labute approximate surface area is 121 Å². The Morgan fingerprint density at radius 3 is 3.05 bits per heavy atom. The number of amides is 1. The number of nitrogens with zero attached hydrogens (tertiary/aromatic N) is 2. The number of fused-ring (bicyclic) bond motifs is 1. The number of aromatic nitrogens is 2. The second kappa shape index (κ2) is 5.42. The molecule has 0 spiro atoms. The van der Waals surface area contributed by atoms with Crippen LogP contribution < -0.4 is 5.32 Å². The number of aliphatic hydroxyl groups excluding tert-OH is 1. The van der Waals surface area contributed by atoms with Gasteiger partial charge in [-0.15, -0.1) is 0 Å². The smallest absolute Gasteiger partial charge is 0.258 e. The van der Waals surface area contributed by atoms with E-state index in [0.717, 1.165) is 0 Å². The highest BCUT2D eigenvalue weighted by molar-refractivity contribution is 6.06. The SMILES string of the molecule is Cc1cc(C(=O)N[C@@H]2COCC[C@H]2O)c2c(C)noc2n1. The second-order valence-electron chi connectivity index (χ2n) is 5.27. The largest absolute Gasteiger partial charge is 0.391 e. The zero-order valence-electron chi connectivity index (χ0n) is 11.9. The predicted molar refractivity (Wildman–Crippen MR) is 74.0 cm³/mol. The monoisotopic (exact) mass is 291 g/mol. The molecule has 2 aromatic heterocycles. The van der Waals surface area contributed by atoms with E-state index in [1.54, 1.807) is 19.9 Å². The van der Waals surface area contributed by atoms with Crippen molar-refractivity contribution < 1.29 is 19.2 Å². The molecule has 2 atom stereocenters. The summed E-state index contributed by atoms with van der Waals surface area (Å²) in [5.74, 6) is -0.286. The van der Waals surface area contributed by atoms with Crippen LogP contribution in [-0.2, 0) is 4.74 Å². The van der Waals surface area contributed by atoms with E-state index < -0.39 is 12.1 Å². The summed E-state index contributed by atoms with van der Waals surface area (Å²) in [6.45, 7) is 4.37. The molecule has 0 bridgehead atoms. The maximum Gasteiger partial charge on any atom is 0.258 e. The highest BCUT2D eigenvalue weighted by atomic mass is 16.5. The van der Waals surface area contributed by atoms with Crippen molar-refractivity contribution in [1.29, 1.82) is 0 Å². The van der Waals surface area contributed by atoms with Gasteiger partial charge in [-0.2, -0.15) is 0 Å². The first-order valence-corrected chi connectivity index (χ1v) is 6.86. The summed E-state index contributed by atoms with van der Waals surface area (Å²) in [5, 5.41) is 17.2. The van der Waals surface area contributed by atoms with Gasteiger partial charge in [-0.3, -0.25) is 4.79 Å². The van der Waals surface area contributed by atoms with E-state index in [1.165, 1.54) is 0 Å². The van der Waals surface area contributed by atoms with E-state index in [4.69, 9.17) is 9.26 Å². The van der Waals surface area contributed by atoms with E-state index in [0.29, 0.717) is 47.7 Å². The molecule has 2 aromatic rings. The van der Waals surface area contributed by atoms with E-state index >= 15 is 0 Å². The average Bonchev–Trinajstić information content (AvgIpc) is 2.82. The molecule has 1 amide bonds. The quantitative estimate of drug-likeness (QED) is 0.846. The van der Waals surface area contributed by atoms with Crippen molar-refractivity contribution in [2.75, 3.05) is 13.2 Å². The molecular weight excluding hydrogens is 274 g/mol. The summed E-state index contributed by atoms with van der Waals surface area (Å²) in [6, 6.07) is 1.28. The Morgan fingerprint density at radius 1 is 1.48 bits per heavy atom. The molecular formula is C14H17N3O4. The molecule has 1 aliphatic heterocycles. The minimum absolute atomic E-state index is 0.286. The van der Waals surface area contributed by atoms with Gasteiger partial charge in [-0.25, -0.2) is 4.98 Å². The third kappa shape index (κ3) is 2.62. The Hall–Kier alpha value is -1.99. The number of pyridine rings is 1. The normalized spacial score (nSPS) is 22.4. The van der Waals surface area contributed by atoms with Crippen LogP contribution in [0.3, 0.4) is 0 Å². The second-order valence-corrected chi connectivity index (χ2v) is 5.27. The molecule has 0 aliphatic carbocycles. The van der Waals surface area contributed by atoms with Gasteiger partial charge in [0, 0.05) is 12.3 Å². The molecule has 1 saturated heterocycles. The number of hydrogen-bond acceptors (Lipinski definition) is 6.